The SMILES string of the molecule is CC(C)c1ccnc(COc2ccc(N)cc2)n1. The van der Waals surface area contributed by atoms with Crippen LogP contribution in [0, 0.1) is 0 Å². The van der Waals surface area contributed by atoms with E-state index in [0.717, 1.165) is 17.1 Å². The van der Waals surface area contributed by atoms with Crippen molar-refractivity contribution in [3.8, 4) is 5.75 Å². The van der Waals surface area contributed by atoms with Gasteiger partial charge >= 0.3 is 0 Å². The minimum atomic E-state index is 0.366. The summed E-state index contributed by atoms with van der Waals surface area (Å²) in [7, 11) is 0. The molecule has 0 amide bonds. The molecule has 0 aliphatic heterocycles. The monoisotopic (exact) mass is 243 g/mol. The summed E-state index contributed by atoms with van der Waals surface area (Å²) in [5.41, 5.74) is 7.36. The molecule has 0 fully saturated rings. The van der Waals surface area contributed by atoms with Crippen LogP contribution in [0.25, 0.3) is 0 Å². The number of benzene rings is 1. The molecule has 0 bridgehead atoms. The highest BCUT2D eigenvalue weighted by atomic mass is 16.5. The Morgan fingerprint density at radius 3 is 2.56 bits per heavy atom. The Morgan fingerprint density at radius 2 is 1.89 bits per heavy atom. The van der Waals surface area contributed by atoms with E-state index in [0.29, 0.717) is 18.3 Å². The number of hydrogen-bond acceptors (Lipinski definition) is 4. The van der Waals surface area contributed by atoms with Crippen LogP contribution < -0.4 is 10.5 Å². The largest absolute Gasteiger partial charge is 0.486 e. The second-order valence-electron chi connectivity index (χ2n) is 4.41. The highest BCUT2D eigenvalue weighted by Crippen LogP contribution is 2.15. The second kappa shape index (κ2) is 5.49. The van der Waals surface area contributed by atoms with Gasteiger partial charge in [-0.3, -0.25) is 0 Å². The third kappa shape index (κ3) is 3.20. The average molecular weight is 243 g/mol. The molecule has 94 valence electrons. The van der Waals surface area contributed by atoms with Gasteiger partial charge in [-0.25, -0.2) is 9.97 Å². The molecule has 0 unspecified atom stereocenters. The Balaban J connectivity index is 2.01. The Hall–Kier alpha value is -2.10. The van der Waals surface area contributed by atoms with Gasteiger partial charge in [-0.2, -0.15) is 0 Å². The van der Waals surface area contributed by atoms with Gasteiger partial charge in [0.25, 0.3) is 0 Å². The molecule has 0 saturated heterocycles. The first kappa shape index (κ1) is 12.4. The molecule has 4 nitrogen and oxygen atoms in total. The Labute approximate surface area is 107 Å². The third-order valence-electron chi connectivity index (χ3n) is 2.57. The van der Waals surface area contributed by atoms with E-state index in [1.807, 2.05) is 18.2 Å². The molecule has 1 aromatic carbocycles. The van der Waals surface area contributed by atoms with Crippen LogP contribution in [-0.2, 0) is 6.61 Å². The van der Waals surface area contributed by atoms with Gasteiger partial charge in [0.2, 0.25) is 0 Å². The van der Waals surface area contributed by atoms with Crippen LogP contribution in [0.2, 0.25) is 0 Å². The smallest absolute Gasteiger partial charge is 0.166 e. The molecule has 0 aliphatic rings. The maximum absolute atomic E-state index is 5.61. The van der Waals surface area contributed by atoms with E-state index >= 15 is 0 Å². The predicted octanol–water partition coefficient (Wildman–Crippen LogP) is 2.76. The summed E-state index contributed by atoms with van der Waals surface area (Å²) in [6, 6.07) is 9.21. The topological polar surface area (TPSA) is 61.0 Å². The lowest BCUT2D eigenvalue weighted by molar-refractivity contribution is 0.295. The average Bonchev–Trinajstić information content (AvgIpc) is 2.38. The van der Waals surface area contributed by atoms with E-state index in [-0.39, 0.29) is 0 Å². The summed E-state index contributed by atoms with van der Waals surface area (Å²) in [4.78, 5) is 8.64. The van der Waals surface area contributed by atoms with Crippen molar-refractivity contribution < 1.29 is 4.74 Å². The zero-order chi connectivity index (χ0) is 13.0. The van der Waals surface area contributed by atoms with Gasteiger partial charge in [0.15, 0.2) is 5.82 Å². The number of aromatic nitrogens is 2. The fourth-order valence-electron chi connectivity index (χ4n) is 1.52. The molecule has 2 aromatic rings. The Morgan fingerprint density at radius 1 is 1.17 bits per heavy atom. The Kier molecular flexibility index (Phi) is 3.77. The first-order valence-corrected chi connectivity index (χ1v) is 5.95. The van der Waals surface area contributed by atoms with Crippen LogP contribution in [0.5, 0.6) is 5.75 Å². The molecular formula is C14H17N3O. The zero-order valence-electron chi connectivity index (χ0n) is 10.6. The van der Waals surface area contributed by atoms with E-state index in [1.54, 1.807) is 18.3 Å². The molecule has 4 heteroatoms. The predicted molar refractivity (Wildman–Crippen MR) is 71.3 cm³/mol. The normalized spacial score (nSPS) is 10.6. The first-order valence-electron chi connectivity index (χ1n) is 5.95. The molecule has 0 radical (unpaired) electrons. The Bertz CT molecular complexity index is 509. The van der Waals surface area contributed by atoms with Crippen molar-refractivity contribution in [2.24, 2.45) is 0 Å². The lowest BCUT2D eigenvalue weighted by Crippen LogP contribution is -2.04. The number of hydrogen-bond donors (Lipinski definition) is 1. The van der Waals surface area contributed by atoms with Crippen molar-refractivity contribution in [2.75, 3.05) is 5.73 Å². The molecule has 0 spiro atoms. The second-order valence-corrected chi connectivity index (χ2v) is 4.41. The summed E-state index contributed by atoms with van der Waals surface area (Å²) in [6.45, 7) is 4.57. The van der Waals surface area contributed by atoms with Crippen molar-refractivity contribution in [1.29, 1.82) is 0 Å². The van der Waals surface area contributed by atoms with Crippen molar-refractivity contribution in [2.45, 2.75) is 26.4 Å². The van der Waals surface area contributed by atoms with E-state index < -0.39 is 0 Å². The molecule has 0 saturated carbocycles. The van der Waals surface area contributed by atoms with Crippen LogP contribution in [0.4, 0.5) is 5.69 Å². The van der Waals surface area contributed by atoms with Crippen LogP contribution in [0.1, 0.15) is 31.3 Å². The van der Waals surface area contributed by atoms with Gasteiger partial charge in [0.05, 0.1) is 0 Å². The fourth-order valence-corrected chi connectivity index (χ4v) is 1.52. The molecule has 2 N–H and O–H groups in total. The number of nitrogen functional groups attached to an aromatic ring is 1. The van der Waals surface area contributed by atoms with Gasteiger partial charge in [-0.1, -0.05) is 13.8 Å². The van der Waals surface area contributed by atoms with Crippen LogP contribution in [0.3, 0.4) is 0 Å². The van der Waals surface area contributed by atoms with Gasteiger partial charge in [0, 0.05) is 17.6 Å². The first-order chi connectivity index (χ1) is 8.65. The van der Waals surface area contributed by atoms with Crippen molar-refractivity contribution in [3.63, 3.8) is 0 Å². The highest BCUT2D eigenvalue weighted by Gasteiger charge is 2.04. The number of nitrogens with zero attached hydrogens (tertiary/aromatic N) is 2. The quantitative estimate of drug-likeness (QED) is 0.839. The van der Waals surface area contributed by atoms with Crippen LogP contribution in [-0.4, -0.2) is 9.97 Å². The lowest BCUT2D eigenvalue weighted by Gasteiger charge is -2.08. The van der Waals surface area contributed by atoms with E-state index in [1.165, 1.54) is 0 Å². The van der Waals surface area contributed by atoms with Crippen LogP contribution >= 0.6 is 0 Å². The molecule has 0 atom stereocenters. The number of nitrogens with two attached hydrogens (primary N) is 1. The van der Waals surface area contributed by atoms with Crippen LogP contribution in [0.15, 0.2) is 36.5 Å². The summed E-state index contributed by atoms with van der Waals surface area (Å²) in [5, 5.41) is 0. The zero-order valence-corrected chi connectivity index (χ0v) is 10.6. The molecule has 2 rings (SSSR count). The summed E-state index contributed by atoms with van der Waals surface area (Å²) >= 11 is 0. The summed E-state index contributed by atoms with van der Waals surface area (Å²) < 4.78 is 5.60. The van der Waals surface area contributed by atoms with E-state index in [9.17, 15) is 0 Å². The number of ether oxygens (including phenoxy) is 1. The molecular weight excluding hydrogens is 226 g/mol. The lowest BCUT2D eigenvalue weighted by atomic mass is 10.1. The van der Waals surface area contributed by atoms with E-state index in [4.69, 9.17) is 10.5 Å². The van der Waals surface area contributed by atoms with Crippen molar-refractivity contribution in [3.05, 3.63) is 48.0 Å². The molecule has 1 aromatic heterocycles. The minimum Gasteiger partial charge on any atom is -0.486 e. The molecule has 0 aliphatic carbocycles. The van der Waals surface area contributed by atoms with E-state index in [2.05, 4.69) is 23.8 Å². The standard InChI is InChI=1S/C14H17N3O/c1-10(2)13-7-8-16-14(17-13)9-18-12-5-3-11(15)4-6-12/h3-8,10H,9,15H2,1-2H3. The molecule has 1 heterocycles. The maximum atomic E-state index is 5.61. The number of rotatable bonds is 4. The van der Waals surface area contributed by atoms with Gasteiger partial charge in [-0.15, -0.1) is 0 Å². The van der Waals surface area contributed by atoms with Gasteiger partial charge < -0.3 is 10.5 Å². The van der Waals surface area contributed by atoms with Gasteiger partial charge in [-0.05, 0) is 36.2 Å². The number of anilines is 1. The summed E-state index contributed by atoms with van der Waals surface area (Å²) in [5.74, 6) is 1.85. The minimum absolute atomic E-state index is 0.366. The maximum Gasteiger partial charge on any atom is 0.166 e. The highest BCUT2D eigenvalue weighted by molar-refractivity contribution is 5.41. The van der Waals surface area contributed by atoms with Crippen molar-refractivity contribution in [1.82, 2.24) is 9.97 Å². The summed E-state index contributed by atoms with van der Waals surface area (Å²) in [6.07, 6.45) is 1.77. The van der Waals surface area contributed by atoms with Gasteiger partial charge in [0.1, 0.15) is 12.4 Å². The fraction of sp³-hybridized carbons (Fsp3) is 0.286. The third-order valence-corrected chi connectivity index (χ3v) is 2.57. The van der Waals surface area contributed by atoms with Crippen molar-refractivity contribution >= 4 is 5.69 Å². The molecule has 18 heavy (non-hydrogen) atoms.